The van der Waals surface area contributed by atoms with Crippen molar-refractivity contribution in [3.05, 3.63) is 23.2 Å². The summed E-state index contributed by atoms with van der Waals surface area (Å²) in [5.41, 5.74) is 0. The van der Waals surface area contributed by atoms with Gasteiger partial charge >= 0.3 is 0 Å². The lowest BCUT2D eigenvalue weighted by molar-refractivity contribution is 0.282. The number of benzene rings is 1. The lowest BCUT2D eigenvalue weighted by Crippen LogP contribution is -2.46. The molecule has 1 aliphatic heterocycles. The van der Waals surface area contributed by atoms with Crippen LogP contribution in [0, 0.1) is 5.92 Å². The van der Waals surface area contributed by atoms with Crippen molar-refractivity contribution < 1.29 is 13.2 Å². The Morgan fingerprint density at radius 2 is 2.12 bits per heavy atom. The lowest BCUT2D eigenvalue weighted by Gasteiger charge is -2.32. The van der Waals surface area contributed by atoms with Gasteiger partial charge in [0.15, 0.2) is 0 Å². The lowest BCUT2D eigenvalue weighted by atomic mass is 10.1. The van der Waals surface area contributed by atoms with Crippen LogP contribution in [0.25, 0.3) is 0 Å². The fourth-order valence-corrected chi connectivity index (χ4v) is 5.00. The largest absolute Gasteiger partial charge is 0.492 e. The van der Waals surface area contributed by atoms with Gasteiger partial charge in [-0.1, -0.05) is 24.4 Å². The zero-order chi connectivity index (χ0) is 17.2. The maximum atomic E-state index is 13.1. The van der Waals surface area contributed by atoms with Gasteiger partial charge in [-0.25, -0.2) is 8.42 Å². The van der Waals surface area contributed by atoms with Crippen molar-refractivity contribution in [3.63, 3.8) is 0 Å². The second-order valence-corrected chi connectivity index (χ2v) is 9.01. The molecule has 1 aromatic carbocycles. The highest BCUT2D eigenvalue weighted by Crippen LogP contribution is 2.34. The van der Waals surface area contributed by atoms with Crippen LogP contribution in [0.2, 0.25) is 5.02 Å². The number of nitrogens with one attached hydrogen (secondary N) is 1. The van der Waals surface area contributed by atoms with E-state index in [9.17, 15) is 8.42 Å². The van der Waals surface area contributed by atoms with Gasteiger partial charge in [0.2, 0.25) is 10.0 Å². The van der Waals surface area contributed by atoms with Crippen LogP contribution < -0.4 is 10.1 Å². The molecule has 0 aromatic heterocycles. The van der Waals surface area contributed by atoms with Gasteiger partial charge in [0.05, 0.1) is 6.61 Å². The van der Waals surface area contributed by atoms with Crippen LogP contribution in [-0.2, 0) is 10.0 Å². The third-order valence-electron chi connectivity index (χ3n) is 4.80. The normalized spacial score (nSPS) is 22.5. The highest BCUT2D eigenvalue weighted by atomic mass is 35.5. The molecule has 1 atom stereocenters. The van der Waals surface area contributed by atoms with E-state index in [2.05, 4.69) is 5.32 Å². The molecule has 0 spiro atoms. The molecule has 134 valence electrons. The predicted octanol–water partition coefficient (Wildman–Crippen LogP) is 2.89. The summed E-state index contributed by atoms with van der Waals surface area (Å²) in [5, 5.41) is 3.58. The average molecular weight is 373 g/mol. The van der Waals surface area contributed by atoms with Crippen molar-refractivity contribution in [2.45, 2.75) is 43.0 Å². The molecule has 1 aliphatic carbocycles. The van der Waals surface area contributed by atoms with Crippen LogP contribution in [0.5, 0.6) is 5.75 Å². The molecular formula is C17H25ClN2O3S. The Kier molecular flexibility index (Phi) is 5.70. The Balaban J connectivity index is 1.80. The second-order valence-electron chi connectivity index (χ2n) is 6.66. The maximum Gasteiger partial charge on any atom is 0.246 e. The first kappa shape index (κ1) is 18.0. The minimum absolute atomic E-state index is 0.183. The van der Waals surface area contributed by atoms with E-state index in [-0.39, 0.29) is 10.9 Å². The molecule has 0 radical (unpaired) electrons. The number of halogens is 1. The van der Waals surface area contributed by atoms with Gasteiger partial charge in [-0.15, -0.1) is 0 Å². The van der Waals surface area contributed by atoms with Gasteiger partial charge in [-0.2, -0.15) is 4.31 Å². The zero-order valence-corrected chi connectivity index (χ0v) is 15.6. The van der Waals surface area contributed by atoms with E-state index in [0.29, 0.717) is 30.5 Å². The first-order valence-corrected chi connectivity index (χ1v) is 10.4. The van der Waals surface area contributed by atoms with E-state index >= 15 is 0 Å². The molecule has 0 bridgehead atoms. The molecule has 24 heavy (non-hydrogen) atoms. The molecule has 2 aliphatic rings. The van der Waals surface area contributed by atoms with Crippen molar-refractivity contribution in [1.82, 2.24) is 9.62 Å². The van der Waals surface area contributed by atoms with E-state index in [4.69, 9.17) is 16.3 Å². The number of rotatable bonds is 7. The molecule has 1 aromatic rings. The van der Waals surface area contributed by atoms with Crippen LogP contribution in [0.1, 0.15) is 32.1 Å². The molecule has 5 nitrogen and oxygen atoms in total. The molecule has 2 fully saturated rings. The molecule has 1 unspecified atom stereocenters. The number of nitrogens with zero attached hydrogens (tertiary/aromatic N) is 1. The fourth-order valence-electron chi connectivity index (χ4n) is 3.08. The number of piperidine rings is 1. The van der Waals surface area contributed by atoms with Crippen LogP contribution >= 0.6 is 11.6 Å². The van der Waals surface area contributed by atoms with E-state index in [1.54, 1.807) is 12.1 Å². The molecule has 1 N–H and O–H groups in total. The smallest absolute Gasteiger partial charge is 0.246 e. The first-order valence-electron chi connectivity index (χ1n) is 8.60. The van der Waals surface area contributed by atoms with Crippen molar-refractivity contribution >= 4 is 21.6 Å². The quantitative estimate of drug-likeness (QED) is 0.799. The average Bonchev–Trinajstić information content (AvgIpc) is 3.40. The highest BCUT2D eigenvalue weighted by Gasteiger charge is 2.32. The minimum Gasteiger partial charge on any atom is -0.492 e. The zero-order valence-electron chi connectivity index (χ0n) is 14.0. The molecule has 3 rings (SSSR count). The summed E-state index contributed by atoms with van der Waals surface area (Å²) in [5.74, 6) is 1.16. The predicted molar refractivity (Wildman–Crippen MR) is 95.1 cm³/mol. The highest BCUT2D eigenvalue weighted by molar-refractivity contribution is 7.89. The van der Waals surface area contributed by atoms with Gasteiger partial charge in [-0.3, -0.25) is 0 Å². The maximum absolute atomic E-state index is 13.1. The van der Waals surface area contributed by atoms with E-state index in [1.165, 1.54) is 23.2 Å². The topological polar surface area (TPSA) is 58.6 Å². The van der Waals surface area contributed by atoms with Crippen LogP contribution in [0.4, 0.5) is 0 Å². The number of hydrogen-bond acceptors (Lipinski definition) is 4. The fraction of sp³-hybridized carbons (Fsp3) is 0.647. The van der Waals surface area contributed by atoms with Crippen molar-refractivity contribution in [3.8, 4) is 5.75 Å². The van der Waals surface area contributed by atoms with Crippen LogP contribution in [0.3, 0.4) is 0 Å². The number of sulfonamides is 1. The monoisotopic (exact) mass is 372 g/mol. The van der Waals surface area contributed by atoms with Crippen molar-refractivity contribution in [1.29, 1.82) is 0 Å². The van der Waals surface area contributed by atoms with E-state index < -0.39 is 10.0 Å². The van der Waals surface area contributed by atoms with Gasteiger partial charge in [-0.05, 0) is 50.4 Å². The molecular weight excluding hydrogens is 348 g/mol. The Morgan fingerprint density at radius 1 is 1.33 bits per heavy atom. The molecule has 1 saturated heterocycles. The summed E-state index contributed by atoms with van der Waals surface area (Å²) in [6, 6.07) is 5.04. The summed E-state index contributed by atoms with van der Waals surface area (Å²) in [6.07, 6.45) is 5.34. The van der Waals surface area contributed by atoms with Gasteiger partial charge in [0.25, 0.3) is 0 Å². The number of hydrogen-bond donors (Lipinski definition) is 1. The van der Waals surface area contributed by atoms with Crippen molar-refractivity contribution in [2.24, 2.45) is 5.92 Å². The summed E-state index contributed by atoms with van der Waals surface area (Å²) < 4.78 is 33.5. The summed E-state index contributed by atoms with van der Waals surface area (Å²) in [4.78, 5) is 0.183. The molecule has 0 amide bonds. The van der Waals surface area contributed by atoms with E-state index in [1.807, 2.05) is 7.05 Å². The van der Waals surface area contributed by atoms with Gasteiger partial charge < -0.3 is 10.1 Å². The molecule has 7 heteroatoms. The van der Waals surface area contributed by atoms with Gasteiger partial charge in [0.1, 0.15) is 10.6 Å². The Labute approximate surface area is 149 Å². The molecule has 1 heterocycles. The minimum atomic E-state index is -3.61. The second kappa shape index (κ2) is 7.60. The summed E-state index contributed by atoms with van der Waals surface area (Å²) in [7, 11) is -1.74. The van der Waals surface area contributed by atoms with Crippen molar-refractivity contribution in [2.75, 3.05) is 26.7 Å². The van der Waals surface area contributed by atoms with Gasteiger partial charge in [0, 0.05) is 24.2 Å². The standard InChI is InChI=1S/C17H25ClN2O3S/c1-19-15-3-2-9-20(12-15)24(21,22)17-11-14(18)6-7-16(17)23-10-8-13-4-5-13/h6-7,11,13,15,19H,2-5,8-10,12H2,1H3. The van der Waals surface area contributed by atoms with E-state index in [0.717, 1.165) is 25.2 Å². The Morgan fingerprint density at radius 3 is 2.83 bits per heavy atom. The van der Waals surface area contributed by atoms with Crippen LogP contribution in [0.15, 0.2) is 23.1 Å². The molecule has 1 saturated carbocycles. The SMILES string of the molecule is CNC1CCCN(S(=O)(=O)c2cc(Cl)ccc2OCCC2CC2)C1. The summed E-state index contributed by atoms with van der Waals surface area (Å²) >= 11 is 6.06. The Bertz CT molecular complexity index is 676. The number of likely N-dealkylation sites (N-methyl/N-ethyl adjacent to an activating group) is 1. The third-order valence-corrected chi connectivity index (χ3v) is 6.92. The first-order chi connectivity index (χ1) is 11.5. The Hall–Kier alpha value is -0.820. The summed E-state index contributed by atoms with van der Waals surface area (Å²) in [6.45, 7) is 1.56. The third kappa shape index (κ3) is 4.23. The number of ether oxygens (including phenoxy) is 1. The van der Waals surface area contributed by atoms with Crippen LogP contribution in [-0.4, -0.2) is 45.5 Å².